The van der Waals surface area contributed by atoms with E-state index in [1.54, 1.807) is 7.11 Å². The predicted molar refractivity (Wildman–Crippen MR) is 82.5 cm³/mol. The molecule has 5 atom stereocenters. The minimum Gasteiger partial charge on any atom is -0.391 e. The summed E-state index contributed by atoms with van der Waals surface area (Å²) >= 11 is 0. The fourth-order valence-corrected chi connectivity index (χ4v) is 5.21. The minimum absolute atomic E-state index is 0.00757. The van der Waals surface area contributed by atoms with Crippen molar-refractivity contribution in [3.8, 4) is 0 Å². The van der Waals surface area contributed by atoms with Crippen LogP contribution in [-0.4, -0.2) is 59.7 Å². The molecule has 7 heteroatoms. The van der Waals surface area contributed by atoms with Gasteiger partial charge in [0, 0.05) is 13.7 Å². The van der Waals surface area contributed by atoms with E-state index >= 15 is 0 Å². The van der Waals surface area contributed by atoms with Gasteiger partial charge in [0.25, 0.3) is 0 Å². The summed E-state index contributed by atoms with van der Waals surface area (Å²) in [5, 5.41) is 6.19. The Morgan fingerprint density at radius 3 is 3.00 bits per heavy atom. The Kier molecular flexibility index (Phi) is 6.62. The van der Waals surface area contributed by atoms with Crippen LogP contribution in [0.1, 0.15) is 33.1 Å². The molecule has 2 heterocycles. The van der Waals surface area contributed by atoms with E-state index in [1.165, 1.54) is 0 Å². The van der Waals surface area contributed by atoms with Crippen molar-refractivity contribution in [2.75, 3.05) is 20.2 Å². The van der Waals surface area contributed by atoms with E-state index in [1.807, 2.05) is 13.8 Å². The van der Waals surface area contributed by atoms with Crippen molar-refractivity contribution in [2.24, 2.45) is 0 Å². The molecule has 0 aromatic rings. The molecule has 0 radical (unpaired) electrons. The van der Waals surface area contributed by atoms with Crippen LogP contribution < -0.4 is 10.6 Å². The SMILES string of the molecule is COC(C)C1O[SiH](CCCNC(=O)[C@@H]2CCCN2)OC1C. The number of carbonyl (C=O) groups excluding carboxylic acids is 1. The van der Waals surface area contributed by atoms with Gasteiger partial charge in [0.2, 0.25) is 5.91 Å². The minimum atomic E-state index is -1.60. The van der Waals surface area contributed by atoms with Crippen molar-refractivity contribution in [3.05, 3.63) is 0 Å². The molecule has 4 unspecified atom stereocenters. The fourth-order valence-electron chi connectivity index (χ4n) is 2.91. The van der Waals surface area contributed by atoms with Gasteiger partial charge in [-0.2, -0.15) is 0 Å². The molecular formula is C14H28N2O4Si. The Hall–Kier alpha value is -0.473. The molecule has 0 aromatic carbocycles. The van der Waals surface area contributed by atoms with Crippen molar-refractivity contribution in [2.45, 2.75) is 63.5 Å². The summed E-state index contributed by atoms with van der Waals surface area (Å²) in [6.45, 7) is 5.70. The van der Waals surface area contributed by atoms with Crippen molar-refractivity contribution in [1.29, 1.82) is 0 Å². The molecule has 21 heavy (non-hydrogen) atoms. The first-order valence-electron chi connectivity index (χ1n) is 7.96. The normalized spacial score (nSPS) is 34.0. The lowest BCUT2D eigenvalue weighted by Gasteiger charge is -2.20. The summed E-state index contributed by atoms with van der Waals surface area (Å²) in [6, 6.07) is 0.934. The zero-order valence-electron chi connectivity index (χ0n) is 13.3. The van der Waals surface area contributed by atoms with Crippen LogP contribution in [0, 0.1) is 0 Å². The molecular weight excluding hydrogens is 288 g/mol. The van der Waals surface area contributed by atoms with Gasteiger partial charge < -0.3 is 24.2 Å². The maximum Gasteiger partial charge on any atom is 0.322 e. The number of rotatable bonds is 7. The van der Waals surface area contributed by atoms with Gasteiger partial charge in [0.1, 0.15) is 0 Å². The Morgan fingerprint density at radius 1 is 1.52 bits per heavy atom. The van der Waals surface area contributed by atoms with E-state index in [0.29, 0.717) is 6.54 Å². The molecule has 2 rings (SSSR count). The third kappa shape index (κ3) is 4.75. The second-order valence-corrected chi connectivity index (χ2v) is 7.88. The Labute approximate surface area is 128 Å². The smallest absolute Gasteiger partial charge is 0.322 e. The molecule has 6 nitrogen and oxygen atoms in total. The topological polar surface area (TPSA) is 68.8 Å². The summed E-state index contributed by atoms with van der Waals surface area (Å²) in [5.74, 6) is 0.127. The van der Waals surface area contributed by atoms with Gasteiger partial charge in [-0.1, -0.05) is 0 Å². The van der Waals surface area contributed by atoms with Crippen LogP contribution in [0.4, 0.5) is 0 Å². The van der Waals surface area contributed by atoms with E-state index in [-0.39, 0.29) is 30.3 Å². The lowest BCUT2D eigenvalue weighted by Crippen LogP contribution is -2.40. The lowest BCUT2D eigenvalue weighted by atomic mass is 10.1. The quantitative estimate of drug-likeness (QED) is 0.522. The zero-order chi connectivity index (χ0) is 15.2. The average Bonchev–Trinajstić information content (AvgIpc) is 3.12. The number of nitrogens with one attached hydrogen (secondary N) is 2. The van der Waals surface area contributed by atoms with Crippen molar-refractivity contribution >= 4 is 15.2 Å². The van der Waals surface area contributed by atoms with E-state index in [9.17, 15) is 4.79 Å². The summed E-state index contributed by atoms with van der Waals surface area (Å²) in [6.07, 6.45) is 3.16. The van der Waals surface area contributed by atoms with Gasteiger partial charge in [0.05, 0.1) is 24.4 Å². The number of hydrogen-bond donors (Lipinski definition) is 2. The number of amides is 1. The second-order valence-electron chi connectivity index (χ2n) is 5.89. The first kappa shape index (κ1) is 16.9. The van der Waals surface area contributed by atoms with Gasteiger partial charge in [0.15, 0.2) is 0 Å². The predicted octanol–water partition coefficient (Wildman–Crippen LogP) is 0.304. The summed E-state index contributed by atoms with van der Waals surface area (Å²) in [5.41, 5.74) is 0. The summed E-state index contributed by atoms with van der Waals surface area (Å²) in [4.78, 5) is 11.8. The standard InChI is InChI=1S/C14H28N2O4Si/c1-10(18-3)13-11(2)19-21(20-13)9-5-8-16-14(17)12-6-4-7-15-12/h10-13,15,21H,4-9H2,1-3H3,(H,16,17)/t10?,11?,12-,13?,21?/m0/s1. The number of hydrogen-bond acceptors (Lipinski definition) is 5. The largest absolute Gasteiger partial charge is 0.391 e. The van der Waals surface area contributed by atoms with Crippen LogP contribution in [0.25, 0.3) is 0 Å². The summed E-state index contributed by atoms with van der Waals surface area (Å²) in [7, 11) is 0.0931. The van der Waals surface area contributed by atoms with Gasteiger partial charge in [-0.15, -0.1) is 0 Å². The molecule has 122 valence electrons. The van der Waals surface area contributed by atoms with Gasteiger partial charge in [-0.25, -0.2) is 0 Å². The molecule has 2 fully saturated rings. The van der Waals surface area contributed by atoms with Crippen LogP contribution in [0.15, 0.2) is 0 Å². The third-order valence-corrected chi connectivity index (χ3v) is 6.50. The van der Waals surface area contributed by atoms with Crippen LogP contribution in [0.2, 0.25) is 6.04 Å². The van der Waals surface area contributed by atoms with Gasteiger partial charge >= 0.3 is 9.28 Å². The molecule has 2 aliphatic rings. The Morgan fingerprint density at radius 2 is 2.33 bits per heavy atom. The van der Waals surface area contributed by atoms with Crippen LogP contribution >= 0.6 is 0 Å². The summed E-state index contributed by atoms with van der Waals surface area (Å²) < 4.78 is 17.2. The molecule has 1 amide bonds. The second kappa shape index (κ2) is 8.24. The Balaban J connectivity index is 1.60. The number of methoxy groups -OCH3 is 1. The van der Waals surface area contributed by atoms with Gasteiger partial charge in [-0.05, 0) is 45.7 Å². The highest BCUT2D eigenvalue weighted by Gasteiger charge is 2.37. The molecule has 0 aliphatic carbocycles. The Bertz CT molecular complexity index is 339. The first-order chi connectivity index (χ1) is 10.1. The molecule has 2 saturated heterocycles. The van der Waals surface area contributed by atoms with Crippen LogP contribution in [0.3, 0.4) is 0 Å². The molecule has 0 saturated carbocycles. The van der Waals surface area contributed by atoms with Crippen LogP contribution in [0.5, 0.6) is 0 Å². The number of carbonyl (C=O) groups is 1. The maximum atomic E-state index is 11.8. The van der Waals surface area contributed by atoms with Gasteiger partial charge in [-0.3, -0.25) is 4.79 Å². The van der Waals surface area contributed by atoms with Crippen molar-refractivity contribution < 1.29 is 18.4 Å². The van der Waals surface area contributed by atoms with Crippen molar-refractivity contribution in [3.63, 3.8) is 0 Å². The molecule has 0 spiro atoms. The van der Waals surface area contributed by atoms with Crippen molar-refractivity contribution in [1.82, 2.24) is 10.6 Å². The highest BCUT2D eigenvalue weighted by Crippen LogP contribution is 2.23. The fraction of sp³-hybridized carbons (Fsp3) is 0.929. The maximum absolute atomic E-state index is 11.8. The average molecular weight is 316 g/mol. The van der Waals surface area contributed by atoms with E-state index in [4.69, 9.17) is 13.6 Å². The molecule has 2 aliphatic heterocycles. The molecule has 2 N–H and O–H groups in total. The first-order valence-corrected chi connectivity index (χ1v) is 9.72. The highest BCUT2D eigenvalue weighted by molar-refractivity contribution is 6.45. The highest BCUT2D eigenvalue weighted by atomic mass is 28.3. The van der Waals surface area contributed by atoms with Crippen LogP contribution in [-0.2, 0) is 18.4 Å². The molecule has 0 aromatic heterocycles. The van der Waals surface area contributed by atoms with E-state index in [2.05, 4.69) is 10.6 Å². The monoisotopic (exact) mass is 316 g/mol. The van der Waals surface area contributed by atoms with E-state index < -0.39 is 9.28 Å². The zero-order valence-corrected chi connectivity index (χ0v) is 14.4. The van der Waals surface area contributed by atoms with E-state index in [0.717, 1.165) is 31.9 Å². The third-order valence-electron chi connectivity index (χ3n) is 4.27. The number of ether oxygens (including phenoxy) is 1. The molecule has 0 bridgehead atoms. The lowest BCUT2D eigenvalue weighted by molar-refractivity contribution is -0.122.